The summed E-state index contributed by atoms with van der Waals surface area (Å²) in [6.45, 7) is 1.92. The van der Waals surface area contributed by atoms with Crippen molar-refractivity contribution in [3.05, 3.63) is 47.7 Å². The Balaban J connectivity index is 1.88. The molecule has 1 unspecified atom stereocenters. The Hall–Kier alpha value is -2.59. The van der Waals surface area contributed by atoms with E-state index in [1.165, 1.54) is 18.0 Å². The monoisotopic (exact) mass is 313 g/mol. The number of carbonyl (C=O) groups is 1. The SMILES string of the molecule is CC(NC(=O)CSc1ncc(C#N)c(N)n1)c1ccccc1. The Morgan fingerprint density at radius 3 is 2.82 bits per heavy atom. The number of nitriles is 1. The van der Waals surface area contributed by atoms with Gasteiger partial charge in [0.25, 0.3) is 0 Å². The molecule has 3 N–H and O–H groups in total. The van der Waals surface area contributed by atoms with Crippen LogP contribution in [0.15, 0.2) is 41.7 Å². The number of hydrogen-bond donors (Lipinski definition) is 2. The number of nitrogens with one attached hydrogen (secondary N) is 1. The molecule has 0 spiro atoms. The van der Waals surface area contributed by atoms with Crippen molar-refractivity contribution < 1.29 is 4.79 Å². The Morgan fingerprint density at radius 1 is 1.45 bits per heavy atom. The van der Waals surface area contributed by atoms with E-state index in [4.69, 9.17) is 11.0 Å². The van der Waals surface area contributed by atoms with E-state index < -0.39 is 0 Å². The lowest BCUT2D eigenvalue weighted by Crippen LogP contribution is -2.28. The third-order valence-corrected chi connectivity index (χ3v) is 3.79. The third-order valence-electron chi connectivity index (χ3n) is 2.93. The predicted octanol–water partition coefficient (Wildman–Crippen LogP) is 1.90. The highest BCUT2D eigenvalue weighted by Crippen LogP contribution is 2.16. The Bertz CT molecular complexity index is 699. The van der Waals surface area contributed by atoms with Gasteiger partial charge in [0.15, 0.2) is 5.16 Å². The topological polar surface area (TPSA) is 105 Å². The highest BCUT2D eigenvalue weighted by Gasteiger charge is 2.11. The number of nitrogens with two attached hydrogens (primary N) is 1. The van der Waals surface area contributed by atoms with Crippen LogP contribution in [-0.2, 0) is 4.79 Å². The fourth-order valence-corrected chi connectivity index (χ4v) is 2.41. The maximum Gasteiger partial charge on any atom is 0.230 e. The van der Waals surface area contributed by atoms with Gasteiger partial charge in [-0.05, 0) is 12.5 Å². The minimum Gasteiger partial charge on any atom is -0.382 e. The average Bonchev–Trinajstić information content (AvgIpc) is 2.54. The molecule has 0 aliphatic carbocycles. The number of carbonyl (C=O) groups excluding carboxylic acids is 1. The summed E-state index contributed by atoms with van der Waals surface area (Å²) in [5.74, 6) is 0.189. The maximum absolute atomic E-state index is 11.9. The molecule has 0 fully saturated rings. The largest absolute Gasteiger partial charge is 0.382 e. The van der Waals surface area contributed by atoms with Gasteiger partial charge in [0, 0.05) is 0 Å². The minimum atomic E-state index is -0.118. The fourth-order valence-electron chi connectivity index (χ4n) is 1.77. The van der Waals surface area contributed by atoms with Crippen molar-refractivity contribution in [3.8, 4) is 6.07 Å². The zero-order valence-electron chi connectivity index (χ0n) is 12.0. The van der Waals surface area contributed by atoms with Gasteiger partial charge < -0.3 is 11.1 Å². The van der Waals surface area contributed by atoms with Crippen molar-refractivity contribution in [1.82, 2.24) is 15.3 Å². The van der Waals surface area contributed by atoms with Crippen LogP contribution in [0.3, 0.4) is 0 Å². The molecule has 6 nitrogen and oxygen atoms in total. The van der Waals surface area contributed by atoms with E-state index in [-0.39, 0.29) is 29.1 Å². The van der Waals surface area contributed by atoms with E-state index in [0.29, 0.717) is 5.16 Å². The van der Waals surface area contributed by atoms with Crippen molar-refractivity contribution in [2.45, 2.75) is 18.1 Å². The second-order valence-electron chi connectivity index (χ2n) is 4.55. The van der Waals surface area contributed by atoms with Gasteiger partial charge in [-0.2, -0.15) is 5.26 Å². The predicted molar refractivity (Wildman–Crippen MR) is 84.9 cm³/mol. The molecule has 0 aliphatic rings. The quantitative estimate of drug-likeness (QED) is 0.645. The molecule has 22 heavy (non-hydrogen) atoms. The first-order valence-electron chi connectivity index (χ1n) is 6.60. The average molecular weight is 313 g/mol. The first kappa shape index (κ1) is 15.8. The fraction of sp³-hybridized carbons (Fsp3) is 0.200. The number of benzene rings is 1. The molecule has 112 valence electrons. The van der Waals surface area contributed by atoms with Crippen LogP contribution in [0, 0.1) is 11.3 Å². The summed E-state index contributed by atoms with van der Waals surface area (Å²) in [6, 6.07) is 11.5. The first-order chi connectivity index (χ1) is 10.6. The number of aromatic nitrogens is 2. The van der Waals surface area contributed by atoms with Gasteiger partial charge in [0.05, 0.1) is 18.0 Å². The van der Waals surface area contributed by atoms with Gasteiger partial charge in [-0.15, -0.1) is 0 Å². The molecule has 0 aliphatic heterocycles. The van der Waals surface area contributed by atoms with Crippen molar-refractivity contribution in [2.75, 3.05) is 11.5 Å². The summed E-state index contributed by atoms with van der Waals surface area (Å²) in [7, 11) is 0. The van der Waals surface area contributed by atoms with E-state index in [1.54, 1.807) is 0 Å². The smallest absolute Gasteiger partial charge is 0.230 e. The van der Waals surface area contributed by atoms with E-state index in [9.17, 15) is 4.79 Å². The molecular formula is C15H15N5OS. The summed E-state index contributed by atoms with van der Waals surface area (Å²) >= 11 is 1.18. The van der Waals surface area contributed by atoms with Gasteiger partial charge in [0.2, 0.25) is 5.91 Å². The van der Waals surface area contributed by atoms with E-state index in [1.807, 2.05) is 43.3 Å². The normalized spacial score (nSPS) is 11.5. The van der Waals surface area contributed by atoms with Gasteiger partial charge >= 0.3 is 0 Å². The summed E-state index contributed by atoms with van der Waals surface area (Å²) in [4.78, 5) is 19.9. The van der Waals surface area contributed by atoms with Gasteiger partial charge in [-0.1, -0.05) is 42.1 Å². The van der Waals surface area contributed by atoms with Gasteiger partial charge in [-0.25, -0.2) is 9.97 Å². The summed E-state index contributed by atoms with van der Waals surface area (Å²) in [6.07, 6.45) is 1.36. The molecule has 2 aromatic rings. The van der Waals surface area contributed by atoms with Gasteiger partial charge in [0.1, 0.15) is 17.5 Å². The maximum atomic E-state index is 11.9. The second-order valence-corrected chi connectivity index (χ2v) is 5.49. The lowest BCUT2D eigenvalue weighted by Gasteiger charge is -2.13. The highest BCUT2D eigenvalue weighted by molar-refractivity contribution is 7.99. The van der Waals surface area contributed by atoms with Crippen LogP contribution in [0.2, 0.25) is 0 Å². The lowest BCUT2D eigenvalue weighted by atomic mass is 10.1. The van der Waals surface area contributed by atoms with Crippen LogP contribution in [0.1, 0.15) is 24.1 Å². The first-order valence-corrected chi connectivity index (χ1v) is 7.58. The molecule has 7 heteroatoms. The number of hydrogen-bond acceptors (Lipinski definition) is 6. The number of nitrogen functional groups attached to an aromatic ring is 1. The van der Waals surface area contributed by atoms with E-state index in [0.717, 1.165) is 5.56 Å². The number of amides is 1. The van der Waals surface area contributed by atoms with Crippen molar-refractivity contribution >= 4 is 23.5 Å². The van der Waals surface area contributed by atoms with Crippen LogP contribution in [-0.4, -0.2) is 21.6 Å². The minimum absolute atomic E-state index is 0.0683. The summed E-state index contributed by atoms with van der Waals surface area (Å²) in [5, 5.41) is 12.0. The van der Waals surface area contributed by atoms with Crippen molar-refractivity contribution in [2.24, 2.45) is 0 Å². The Kier molecular flexibility index (Phi) is 5.33. The molecule has 1 aromatic carbocycles. The molecule has 1 atom stereocenters. The van der Waals surface area contributed by atoms with Crippen molar-refractivity contribution in [3.63, 3.8) is 0 Å². The summed E-state index contributed by atoms with van der Waals surface area (Å²) < 4.78 is 0. The molecule has 2 rings (SSSR count). The lowest BCUT2D eigenvalue weighted by molar-refractivity contribution is -0.119. The van der Waals surface area contributed by atoms with Crippen LogP contribution in [0.4, 0.5) is 5.82 Å². The van der Waals surface area contributed by atoms with Crippen LogP contribution < -0.4 is 11.1 Å². The van der Waals surface area contributed by atoms with Crippen LogP contribution >= 0.6 is 11.8 Å². The zero-order valence-corrected chi connectivity index (χ0v) is 12.8. The highest BCUT2D eigenvalue weighted by atomic mass is 32.2. The number of nitrogens with zero attached hydrogens (tertiary/aromatic N) is 3. The van der Waals surface area contributed by atoms with E-state index >= 15 is 0 Å². The van der Waals surface area contributed by atoms with Gasteiger partial charge in [-0.3, -0.25) is 4.79 Å². The molecule has 0 radical (unpaired) electrons. The standard InChI is InChI=1S/C15H15N5OS/c1-10(11-5-3-2-4-6-11)19-13(21)9-22-15-18-8-12(7-16)14(17)20-15/h2-6,8,10H,9H2,1H3,(H,19,21)(H2,17,18,20). The van der Waals surface area contributed by atoms with Crippen LogP contribution in [0.25, 0.3) is 0 Å². The van der Waals surface area contributed by atoms with Crippen molar-refractivity contribution in [1.29, 1.82) is 5.26 Å². The molecule has 1 aromatic heterocycles. The Labute approximate surface area is 132 Å². The molecule has 1 amide bonds. The third kappa shape index (κ3) is 4.20. The Morgan fingerprint density at radius 2 is 2.18 bits per heavy atom. The molecular weight excluding hydrogens is 298 g/mol. The number of anilines is 1. The molecule has 0 saturated carbocycles. The zero-order chi connectivity index (χ0) is 15.9. The number of thioether (sulfide) groups is 1. The summed E-state index contributed by atoms with van der Waals surface area (Å²) in [5.41, 5.74) is 6.88. The van der Waals surface area contributed by atoms with E-state index in [2.05, 4.69) is 15.3 Å². The second kappa shape index (κ2) is 7.43. The molecule has 1 heterocycles. The molecule has 0 bridgehead atoms. The van der Waals surface area contributed by atoms with Crippen LogP contribution in [0.5, 0.6) is 0 Å². The number of rotatable bonds is 5. The molecule has 0 saturated heterocycles.